The van der Waals surface area contributed by atoms with Gasteiger partial charge >= 0.3 is 5.97 Å². The van der Waals surface area contributed by atoms with Gasteiger partial charge in [-0.25, -0.2) is 9.78 Å². The molecule has 10 heteroatoms. The van der Waals surface area contributed by atoms with E-state index in [1.54, 1.807) is 36.1 Å². The first-order valence-electron chi connectivity index (χ1n) is 11.2. The van der Waals surface area contributed by atoms with Crippen LogP contribution < -0.4 is 5.73 Å². The summed E-state index contributed by atoms with van der Waals surface area (Å²) in [6.45, 7) is 1.87. The fourth-order valence-electron chi connectivity index (χ4n) is 3.82. The van der Waals surface area contributed by atoms with Crippen LogP contribution in [0.5, 0.6) is 0 Å². The number of allylic oxidation sites excluding steroid dienone is 1. The first-order chi connectivity index (χ1) is 18.0. The van der Waals surface area contributed by atoms with Crippen molar-refractivity contribution in [3.05, 3.63) is 87.8 Å². The average Bonchev–Trinajstić information content (AvgIpc) is 3.46. The molecule has 1 aliphatic heterocycles. The molecule has 0 amide bonds. The van der Waals surface area contributed by atoms with Crippen molar-refractivity contribution in [2.45, 2.75) is 22.8 Å². The molecule has 3 heterocycles. The van der Waals surface area contributed by atoms with Crippen LogP contribution in [0.1, 0.15) is 24.0 Å². The number of hydrogen-bond donors (Lipinski definition) is 1. The van der Waals surface area contributed by atoms with Crippen molar-refractivity contribution < 1.29 is 14.3 Å². The predicted octanol–water partition coefficient (Wildman–Crippen LogP) is 5.82. The lowest BCUT2D eigenvalue weighted by Crippen LogP contribution is -2.27. The first-order valence-corrected chi connectivity index (χ1v) is 14.3. The van der Waals surface area contributed by atoms with Crippen LogP contribution in [-0.2, 0) is 14.3 Å². The molecule has 186 valence electrons. The Morgan fingerprint density at radius 2 is 1.97 bits per heavy atom. The van der Waals surface area contributed by atoms with Gasteiger partial charge in [-0.1, -0.05) is 30.0 Å². The lowest BCUT2D eigenvalue weighted by atomic mass is 9.83. The third-order valence-electron chi connectivity index (χ3n) is 5.54. The average molecular weight is 547 g/mol. The minimum Gasteiger partial charge on any atom is -0.463 e. The molecule has 0 spiro atoms. The number of carbonyl (C=O) groups is 1. The summed E-state index contributed by atoms with van der Waals surface area (Å²) >= 11 is 4.40. The summed E-state index contributed by atoms with van der Waals surface area (Å²) in [4.78, 5) is 19.9. The van der Waals surface area contributed by atoms with Crippen molar-refractivity contribution in [2.24, 2.45) is 5.73 Å². The van der Waals surface area contributed by atoms with Crippen molar-refractivity contribution in [1.29, 1.82) is 10.5 Å². The van der Waals surface area contributed by atoms with Gasteiger partial charge in [-0.05, 0) is 54.5 Å². The van der Waals surface area contributed by atoms with Crippen LogP contribution in [0.2, 0.25) is 0 Å². The van der Waals surface area contributed by atoms with Crippen LogP contribution in [0.25, 0.3) is 10.6 Å². The monoisotopic (exact) mass is 546 g/mol. The summed E-state index contributed by atoms with van der Waals surface area (Å²) in [5.74, 6) is -0.969. The summed E-state index contributed by atoms with van der Waals surface area (Å²) in [6.07, 6.45) is 1.97. The Hall–Kier alpha value is -3.70. The minimum atomic E-state index is -0.745. The molecule has 3 aromatic rings. The topological polar surface area (TPSA) is 122 Å². The fourth-order valence-corrected chi connectivity index (χ4v) is 5.84. The van der Waals surface area contributed by atoms with Gasteiger partial charge in [-0.2, -0.15) is 10.5 Å². The predicted molar refractivity (Wildman–Crippen MR) is 146 cm³/mol. The molecule has 0 aliphatic carbocycles. The summed E-state index contributed by atoms with van der Waals surface area (Å²) < 4.78 is 11.2. The van der Waals surface area contributed by atoms with E-state index in [0.29, 0.717) is 10.6 Å². The molecule has 0 saturated carbocycles. The summed E-state index contributed by atoms with van der Waals surface area (Å²) in [5, 5.41) is 22.0. The van der Waals surface area contributed by atoms with Gasteiger partial charge in [-0.3, -0.25) is 0 Å². The third kappa shape index (κ3) is 5.67. The van der Waals surface area contributed by atoms with Gasteiger partial charge in [-0.15, -0.1) is 23.1 Å². The van der Waals surface area contributed by atoms with Crippen LogP contribution >= 0.6 is 34.9 Å². The minimum absolute atomic E-state index is 0.0640. The zero-order valence-electron chi connectivity index (χ0n) is 20.1. The molecule has 37 heavy (non-hydrogen) atoms. The quantitative estimate of drug-likeness (QED) is 0.275. The second kappa shape index (κ2) is 12.0. The molecular formula is C27H22N4O3S3. The molecule has 1 aliphatic rings. The summed E-state index contributed by atoms with van der Waals surface area (Å²) in [5.41, 5.74) is 8.42. The maximum absolute atomic E-state index is 13.2. The molecule has 1 atom stereocenters. The van der Waals surface area contributed by atoms with Crippen LogP contribution in [0.4, 0.5) is 0 Å². The summed E-state index contributed by atoms with van der Waals surface area (Å²) in [6, 6.07) is 19.3. The number of esters is 1. The second-order valence-corrected chi connectivity index (χ2v) is 10.5. The number of benzene rings is 1. The molecule has 0 radical (unpaired) electrons. The van der Waals surface area contributed by atoms with Gasteiger partial charge in [0.1, 0.15) is 28.5 Å². The van der Waals surface area contributed by atoms with E-state index in [1.165, 1.54) is 11.8 Å². The highest BCUT2D eigenvalue weighted by Gasteiger charge is 2.37. The molecule has 0 fully saturated rings. The van der Waals surface area contributed by atoms with E-state index in [1.807, 2.05) is 54.1 Å². The Labute approximate surface area is 227 Å². The van der Waals surface area contributed by atoms with E-state index in [-0.39, 0.29) is 35.1 Å². The summed E-state index contributed by atoms with van der Waals surface area (Å²) in [7, 11) is 0. The highest BCUT2D eigenvalue weighted by molar-refractivity contribution is 7.99. The number of thiophene rings is 1. The maximum Gasteiger partial charge on any atom is 0.338 e. The fraction of sp³-hybridized carbons (Fsp3) is 0.185. The van der Waals surface area contributed by atoms with Crippen LogP contribution in [0.3, 0.4) is 0 Å². The molecule has 0 saturated heterocycles. The number of nitrogens with two attached hydrogens (primary N) is 1. The van der Waals surface area contributed by atoms with Crippen molar-refractivity contribution in [3.63, 3.8) is 0 Å². The number of aromatic nitrogens is 1. The zero-order chi connectivity index (χ0) is 26.4. The van der Waals surface area contributed by atoms with Crippen molar-refractivity contribution in [3.8, 4) is 22.7 Å². The Bertz CT molecular complexity index is 1450. The number of thioether (sulfide) groups is 2. The largest absolute Gasteiger partial charge is 0.463 e. The van der Waals surface area contributed by atoms with Crippen LogP contribution in [0, 0.1) is 22.7 Å². The van der Waals surface area contributed by atoms with Crippen molar-refractivity contribution in [1.82, 2.24) is 4.98 Å². The number of ether oxygens (including phenoxy) is 2. The highest BCUT2D eigenvalue weighted by Crippen LogP contribution is 2.41. The molecule has 2 aromatic heterocycles. The first kappa shape index (κ1) is 26.4. The number of carbonyl (C=O) groups excluding carboxylic acids is 1. The Kier molecular flexibility index (Phi) is 8.57. The van der Waals surface area contributed by atoms with Crippen LogP contribution in [-0.4, -0.2) is 29.6 Å². The van der Waals surface area contributed by atoms with Crippen molar-refractivity contribution in [2.75, 3.05) is 18.6 Å². The SMILES string of the molecule is CCOC(=O)C1=C(CSc2nc(-c3cccs3)ccc2C#N)OC(N)=C(C#N)[C@H]1c1ccc(SC)cc1. The normalized spacial score (nSPS) is 15.1. The molecular weight excluding hydrogens is 525 g/mol. The number of pyridine rings is 1. The molecule has 0 unspecified atom stereocenters. The smallest absolute Gasteiger partial charge is 0.338 e. The van der Waals surface area contributed by atoms with E-state index in [4.69, 9.17) is 15.2 Å². The van der Waals surface area contributed by atoms with Gasteiger partial charge in [0.05, 0.1) is 40.0 Å². The Balaban J connectivity index is 1.76. The van der Waals surface area contributed by atoms with Gasteiger partial charge < -0.3 is 15.2 Å². The van der Waals surface area contributed by atoms with Gasteiger partial charge in [0, 0.05) is 4.90 Å². The second-order valence-electron chi connectivity index (χ2n) is 7.68. The molecule has 2 N–H and O–H groups in total. The lowest BCUT2D eigenvalue weighted by Gasteiger charge is -2.28. The molecule has 0 bridgehead atoms. The zero-order valence-corrected chi connectivity index (χ0v) is 22.5. The molecule has 7 nitrogen and oxygen atoms in total. The van der Waals surface area contributed by atoms with E-state index in [2.05, 4.69) is 17.1 Å². The maximum atomic E-state index is 13.2. The Morgan fingerprint density at radius 3 is 2.59 bits per heavy atom. The van der Waals surface area contributed by atoms with E-state index in [0.717, 1.165) is 21.0 Å². The Morgan fingerprint density at radius 1 is 1.19 bits per heavy atom. The number of nitrogens with zero attached hydrogens (tertiary/aromatic N) is 3. The number of nitriles is 2. The molecule has 4 rings (SSSR count). The van der Waals surface area contributed by atoms with E-state index in [9.17, 15) is 15.3 Å². The number of hydrogen-bond acceptors (Lipinski definition) is 10. The lowest BCUT2D eigenvalue weighted by molar-refractivity contribution is -0.139. The third-order valence-corrected chi connectivity index (χ3v) is 8.16. The van der Waals surface area contributed by atoms with Gasteiger partial charge in [0.2, 0.25) is 5.88 Å². The van der Waals surface area contributed by atoms with E-state index < -0.39 is 11.9 Å². The molecule has 1 aromatic carbocycles. The highest BCUT2D eigenvalue weighted by atomic mass is 32.2. The van der Waals surface area contributed by atoms with Gasteiger partial charge in [0.15, 0.2) is 0 Å². The van der Waals surface area contributed by atoms with Crippen molar-refractivity contribution >= 4 is 40.8 Å². The van der Waals surface area contributed by atoms with Gasteiger partial charge in [0.25, 0.3) is 0 Å². The van der Waals surface area contributed by atoms with E-state index >= 15 is 0 Å². The number of rotatable bonds is 8. The standard InChI is InChI=1S/C27H22N4O3S3/c1-3-33-27(32)24-21(15-37-26-17(13-28)8-11-20(31-26)22-5-4-12-36-22)34-25(30)19(14-29)23(24)16-6-9-18(35-2)10-7-16/h4-12,23H,3,15,30H2,1-2H3/t23-/m1/s1. The van der Waals surface area contributed by atoms with Crippen LogP contribution in [0.15, 0.2) is 86.6 Å².